The van der Waals surface area contributed by atoms with E-state index in [-0.39, 0.29) is 11.8 Å². The summed E-state index contributed by atoms with van der Waals surface area (Å²) in [6.45, 7) is 1.98. The second-order valence-electron chi connectivity index (χ2n) is 3.70. The minimum Gasteiger partial charge on any atom is -0.322 e. The van der Waals surface area contributed by atoms with Crippen LogP contribution in [0.1, 0.15) is 5.56 Å². The lowest BCUT2D eigenvalue weighted by Gasteiger charge is -2.03. The fourth-order valence-electron chi connectivity index (χ4n) is 1.36. The molecule has 1 saturated heterocycles. The van der Waals surface area contributed by atoms with Gasteiger partial charge in [-0.05, 0) is 19.1 Å². The summed E-state index contributed by atoms with van der Waals surface area (Å²) in [5.41, 5.74) is 1.88. The monoisotopic (exact) mass is 248 g/mol. The van der Waals surface area contributed by atoms with Crippen LogP contribution in [-0.4, -0.2) is 17.6 Å². The Labute approximate surface area is 103 Å². The first-order valence-corrected chi connectivity index (χ1v) is 6.14. The van der Waals surface area contributed by atoms with Gasteiger partial charge in [-0.15, -0.1) is 0 Å². The summed E-state index contributed by atoms with van der Waals surface area (Å²) in [5, 5.41) is 5.93. The summed E-state index contributed by atoms with van der Waals surface area (Å²) >= 11 is 1.33. The number of amides is 2. The number of carbonyl (C=O) groups excluding carboxylic acids is 2. The molecule has 1 aromatic carbocycles. The quantitative estimate of drug-likeness (QED) is 0.782. The molecule has 2 N–H and O–H groups in total. The van der Waals surface area contributed by atoms with Gasteiger partial charge in [0.05, 0.1) is 10.8 Å². The highest BCUT2D eigenvalue weighted by atomic mass is 32.2. The Bertz CT molecular complexity index is 480. The zero-order valence-electron chi connectivity index (χ0n) is 9.32. The third-order valence-corrected chi connectivity index (χ3v) is 3.14. The van der Waals surface area contributed by atoms with Crippen LogP contribution in [0.3, 0.4) is 0 Å². The third-order valence-electron chi connectivity index (χ3n) is 2.20. The summed E-state index contributed by atoms with van der Waals surface area (Å²) in [6, 6.07) is 7.53. The molecule has 1 aliphatic heterocycles. The van der Waals surface area contributed by atoms with Crippen LogP contribution in [0.5, 0.6) is 0 Å². The fourth-order valence-corrected chi connectivity index (χ4v) is 2.10. The first kappa shape index (κ1) is 11.7. The minimum atomic E-state index is -0.237. The molecule has 88 valence electrons. The first-order chi connectivity index (χ1) is 8.13. The third kappa shape index (κ3) is 3.35. The standard InChI is InChI=1S/C12H12N2O2S/c1-8-2-4-9(5-3-8)13-10(15)6-12-14-11(16)7-17-12/h2-6H,7H2,1H3,(H,13,15)(H,14,16)/b12-6+. The summed E-state index contributed by atoms with van der Waals surface area (Å²) in [5.74, 6) is 0.0758. The van der Waals surface area contributed by atoms with Crippen molar-refractivity contribution in [1.82, 2.24) is 5.32 Å². The Balaban J connectivity index is 1.98. The molecule has 2 amide bonds. The van der Waals surface area contributed by atoms with Crippen molar-refractivity contribution in [2.45, 2.75) is 6.92 Å². The Kier molecular flexibility index (Phi) is 3.49. The molecule has 2 rings (SSSR count). The number of benzene rings is 1. The molecule has 1 fully saturated rings. The summed E-state index contributed by atoms with van der Waals surface area (Å²) in [6.07, 6.45) is 1.40. The molecule has 0 spiro atoms. The van der Waals surface area contributed by atoms with Crippen molar-refractivity contribution in [2.75, 3.05) is 11.1 Å². The average Bonchev–Trinajstić information content (AvgIpc) is 2.67. The van der Waals surface area contributed by atoms with E-state index < -0.39 is 0 Å². The largest absolute Gasteiger partial charge is 0.322 e. The summed E-state index contributed by atoms with van der Waals surface area (Å²) < 4.78 is 0. The summed E-state index contributed by atoms with van der Waals surface area (Å²) in [7, 11) is 0. The molecule has 0 bridgehead atoms. The number of nitrogens with one attached hydrogen (secondary N) is 2. The van der Waals surface area contributed by atoms with Crippen LogP contribution in [0, 0.1) is 6.92 Å². The topological polar surface area (TPSA) is 58.2 Å². The van der Waals surface area contributed by atoms with E-state index in [9.17, 15) is 9.59 Å². The first-order valence-electron chi connectivity index (χ1n) is 5.15. The molecule has 0 aliphatic carbocycles. The molecular weight excluding hydrogens is 236 g/mol. The number of carbonyl (C=O) groups is 2. The van der Waals surface area contributed by atoms with Gasteiger partial charge in [0.25, 0.3) is 5.91 Å². The maximum atomic E-state index is 11.6. The Morgan fingerprint density at radius 2 is 2.12 bits per heavy atom. The molecule has 4 nitrogen and oxygen atoms in total. The molecule has 1 aliphatic rings. The van der Waals surface area contributed by atoms with Crippen LogP contribution in [0.4, 0.5) is 5.69 Å². The van der Waals surface area contributed by atoms with Crippen LogP contribution in [-0.2, 0) is 9.59 Å². The lowest BCUT2D eigenvalue weighted by molar-refractivity contribution is -0.117. The van der Waals surface area contributed by atoms with Gasteiger partial charge < -0.3 is 10.6 Å². The van der Waals surface area contributed by atoms with Crippen molar-refractivity contribution in [3.05, 3.63) is 40.9 Å². The van der Waals surface area contributed by atoms with Gasteiger partial charge in [-0.2, -0.15) is 0 Å². The molecule has 17 heavy (non-hydrogen) atoms. The van der Waals surface area contributed by atoms with Crippen molar-refractivity contribution in [3.63, 3.8) is 0 Å². The number of thioether (sulfide) groups is 1. The molecule has 5 heteroatoms. The van der Waals surface area contributed by atoms with E-state index in [1.54, 1.807) is 0 Å². The second-order valence-corrected chi connectivity index (χ2v) is 4.72. The minimum absolute atomic E-state index is 0.0654. The van der Waals surface area contributed by atoms with E-state index in [0.717, 1.165) is 11.3 Å². The highest BCUT2D eigenvalue weighted by molar-refractivity contribution is 8.04. The maximum absolute atomic E-state index is 11.6. The Morgan fingerprint density at radius 3 is 2.71 bits per heavy atom. The maximum Gasteiger partial charge on any atom is 0.250 e. The van der Waals surface area contributed by atoms with Crippen molar-refractivity contribution < 1.29 is 9.59 Å². The van der Waals surface area contributed by atoms with E-state index in [1.807, 2.05) is 31.2 Å². The molecule has 0 aromatic heterocycles. The van der Waals surface area contributed by atoms with Gasteiger partial charge in [0.1, 0.15) is 0 Å². The van der Waals surface area contributed by atoms with Crippen molar-refractivity contribution in [3.8, 4) is 0 Å². The van der Waals surface area contributed by atoms with Gasteiger partial charge in [-0.25, -0.2) is 0 Å². The fraction of sp³-hybridized carbons (Fsp3) is 0.167. The smallest absolute Gasteiger partial charge is 0.250 e. The predicted octanol–water partition coefficient (Wildman–Crippen LogP) is 1.64. The van der Waals surface area contributed by atoms with Gasteiger partial charge in [-0.3, -0.25) is 9.59 Å². The normalized spacial score (nSPS) is 17.0. The van der Waals surface area contributed by atoms with E-state index >= 15 is 0 Å². The van der Waals surface area contributed by atoms with Crippen LogP contribution in [0.15, 0.2) is 35.4 Å². The predicted molar refractivity (Wildman–Crippen MR) is 68.5 cm³/mol. The number of hydrogen-bond acceptors (Lipinski definition) is 3. The van der Waals surface area contributed by atoms with E-state index in [1.165, 1.54) is 17.8 Å². The molecule has 1 aromatic rings. The lowest BCUT2D eigenvalue weighted by Crippen LogP contribution is -2.16. The van der Waals surface area contributed by atoms with Crippen LogP contribution in [0.25, 0.3) is 0 Å². The zero-order valence-corrected chi connectivity index (χ0v) is 10.1. The number of rotatable bonds is 2. The van der Waals surface area contributed by atoms with Crippen LogP contribution in [0.2, 0.25) is 0 Å². The molecule has 1 heterocycles. The van der Waals surface area contributed by atoms with E-state index in [4.69, 9.17) is 0 Å². The van der Waals surface area contributed by atoms with Gasteiger partial charge in [0, 0.05) is 11.8 Å². The number of hydrogen-bond donors (Lipinski definition) is 2. The zero-order chi connectivity index (χ0) is 12.3. The molecule has 0 radical (unpaired) electrons. The number of anilines is 1. The van der Waals surface area contributed by atoms with Crippen molar-refractivity contribution >= 4 is 29.3 Å². The van der Waals surface area contributed by atoms with Crippen molar-refractivity contribution in [2.24, 2.45) is 0 Å². The van der Waals surface area contributed by atoms with E-state index in [0.29, 0.717) is 10.8 Å². The SMILES string of the molecule is Cc1ccc(NC(=O)/C=C2\NC(=O)CS2)cc1. The molecule has 0 atom stereocenters. The van der Waals surface area contributed by atoms with Crippen LogP contribution < -0.4 is 10.6 Å². The van der Waals surface area contributed by atoms with Crippen LogP contribution >= 0.6 is 11.8 Å². The molecule has 0 saturated carbocycles. The average molecular weight is 248 g/mol. The van der Waals surface area contributed by atoms with Gasteiger partial charge in [0.15, 0.2) is 0 Å². The van der Waals surface area contributed by atoms with Crippen molar-refractivity contribution in [1.29, 1.82) is 0 Å². The molecular formula is C12H12N2O2S. The van der Waals surface area contributed by atoms with E-state index in [2.05, 4.69) is 10.6 Å². The highest BCUT2D eigenvalue weighted by Crippen LogP contribution is 2.18. The van der Waals surface area contributed by atoms with Gasteiger partial charge in [-0.1, -0.05) is 29.5 Å². The molecule has 0 unspecified atom stereocenters. The van der Waals surface area contributed by atoms with Gasteiger partial charge in [0.2, 0.25) is 5.91 Å². The lowest BCUT2D eigenvalue weighted by atomic mass is 10.2. The number of aryl methyl sites for hydroxylation is 1. The van der Waals surface area contributed by atoms with Gasteiger partial charge >= 0.3 is 0 Å². The highest BCUT2D eigenvalue weighted by Gasteiger charge is 2.15. The summed E-state index contributed by atoms with van der Waals surface area (Å²) in [4.78, 5) is 22.5. The Morgan fingerprint density at radius 1 is 1.41 bits per heavy atom. The Hall–Kier alpha value is -1.75. The second kappa shape index (κ2) is 5.05.